The molecule has 2 nitrogen and oxygen atoms in total. The van der Waals surface area contributed by atoms with E-state index in [2.05, 4.69) is 24.0 Å². The quantitative estimate of drug-likeness (QED) is 0.605. The van der Waals surface area contributed by atoms with Crippen LogP contribution in [0.4, 0.5) is 0 Å². The predicted molar refractivity (Wildman–Crippen MR) is 61.5 cm³/mol. The molecular weight excluding hydrogens is 186 g/mol. The Bertz CT molecular complexity index is 251. The van der Waals surface area contributed by atoms with Crippen molar-refractivity contribution < 1.29 is 4.79 Å². The van der Waals surface area contributed by atoms with Crippen molar-refractivity contribution in [2.75, 3.05) is 6.54 Å². The summed E-state index contributed by atoms with van der Waals surface area (Å²) in [5, 5.41) is 0. The fourth-order valence-corrected chi connectivity index (χ4v) is 2.66. The standard InChI is InChI=1S/C13H21NO/c1-11-7-3-2-6-10-14(11)13(15)12-8-4-5-9-12/h4-5,11-12H,2-3,6-10H2,1H3. The van der Waals surface area contributed by atoms with Crippen molar-refractivity contribution in [2.45, 2.75) is 51.5 Å². The largest absolute Gasteiger partial charge is 0.340 e. The van der Waals surface area contributed by atoms with Gasteiger partial charge in [-0.3, -0.25) is 4.79 Å². The van der Waals surface area contributed by atoms with Crippen molar-refractivity contribution in [1.29, 1.82) is 0 Å². The van der Waals surface area contributed by atoms with Crippen molar-refractivity contribution in [3.05, 3.63) is 12.2 Å². The van der Waals surface area contributed by atoms with Crippen molar-refractivity contribution in [3.63, 3.8) is 0 Å². The summed E-state index contributed by atoms with van der Waals surface area (Å²) in [6, 6.07) is 0.459. The molecule has 1 amide bonds. The van der Waals surface area contributed by atoms with Crippen LogP contribution >= 0.6 is 0 Å². The summed E-state index contributed by atoms with van der Waals surface area (Å²) in [5.41, 5.74) is 0. The molecule has 1 aliphatic heterocycles. The predicted octanol–water partition coefficient (Wildman–Crippen LogP) is 2.74. The molecule has 1 heterocycles. The maximum atomic E-state index is 12.2. The van der Waals surface area contributed by atoms with Gasteiger partial charge in [-0.15, -0.1) is 0 Å². The maximum absolute atomic E-state index is 12.2. The van der Waals surface area contributed by atoms with Crippen molar-refractivity contribution in [2.24, 2.45) is 5.92 Å². The molecule has 1 unspecified atom stereocenters. The van der Waals surface area contributed by atoms with Crippen LogP contribution in [0, 0.1) is 5.92 Å². The molecule has 1 aliphatic carbocycles. The molecule has 1 saturated heterocycles. The van der Waals surface area contributed by atoms with Crippen LogP contribution in [0.5, 0.6) is 0 Å². The maximum Gasteiger partial charge on any atom is 0.226 e. The molecule has 15 heavy (non-hydrogen) atoms. The summed E-state index contributed by atoms with van der Waals surface area (Å²) < 4.78 is 0. The van der Waals surface area contributed by atoms with Crippen LogP contribution in [0.25, 0.3) is 0 Å². The van der Waals surface area contributed by atoms with Gasteiger partial charge in [0.2, 0.25) is 5.91 Å². The Hall–Kier alpha value is -0.790. The van der Waals surface area contributed by atoms with E-state index in [0.717, 1.165) is 19.4 Å². The fourth-order valence-electron chi connectivity index (χ4n) is 2.66. The second-order valence-corrected chi connectivity index (χ2v) is 4.87. The van der Waals surface area contributed by atoms with E-state index in [-0.39, 0.29) is 5.92 Å². The number of hydrogen-bond donors (Lipinski definition) is 0. The normalized spacial score (nSPS) is 28.1. The third-order valence-corrected chi connectivity index (χ3v) is 3.69. The number of hydrogen-bond acceptors (Lipinski definition) is 1. The first-order valence-electron chi connectivity index (χ1n) is 6.24. The van der Waals surface area contributed by atoms with Crippen LogP contribution in [0.2, 0.25) is 0 Å². The first-order valence-corrected chi connectivity index (χ1v) is 6.24. The summed E-state index contributed by atoms with van der Waals surface area (Å²) in [6.45, 7) is 3.18. The third-order valence-electron chi connectivity index (χ3n) is 3.69. The summed E-state index contributed by atoms with van der Waals surface area (Å²) in [6.07, 6.45) is 11.2. The molecule has 1 atom stereocenters. The highest BCUT2D eigenvalue weighted by atomic mass is 16.2. The number of rotatable bonds is 1. The van der Waals surface area contributed by atoms with Gasteiger partial charge < -0.3 is 4.90 Å². The van der Waals surface area contributed by atoms with Crippen molar-refractivity contribution >= 4 is 5.91 Å². The smallest absolute Gasteiger partial charge is 0.226 e. The van der Waals surface area contributed by atoms with Gasteiger partial charge in [-0.1, -0.05) is 25.0 Å². The lowest BCUT2D eigenvalue weighted by Crippen LogP contribution is -2.41. The Kier molecular flexibility index (Phi) is 3.45. The van der Waals surface area contributed by atoms with Gasteiger partial charge in [-0.05, 0) is 32.6 Å². The molecular formula is C13H21NO. The molecule has 0 bridgehead atoms. The van der Waals surface area contributed by atoms with Crippen LogP contribution in [0.3, 0.4) is 0 Å². The van der Waals surface area contributed by atoms with Gasteiger partial charge in [0.15, 0.2) is 0 Å². The first kappa shape index (κ1) is 10.7. The number of carbonyl (C=O) groups is 1. The topological polar surface area (TPSA) is 20.3 Å². The summed E-state index contributed by atoms with van der Waals surface area (Å²) >= 11 is 0. The fraction of sp³-hybridized carbons (Fsp3) is 0.769. The minimum absolute atomic E-state index is 0.255. The van der Waals surface area contributed by atoms with Crippen LogP contribution < -0.4 is 0 Å². The molecule has 2 heteroatoms. The van der Waals surface area contributed by atoms with E-state index in [9.17, 15) is 4.79 Å². The molecule has 0 spiro atoms. The average molecular weight is 207 g/mol. The summed E-state index contributed by atoms with van der Waals surface area (Å²) in [7, 11) is 0. The van der Waals surface area contributed by atoms with Crippen LogP contribution in [-0.2, 0) is 4.79 Å². The molecule has 0 aromatic carbocycles. The van der Waals surface area contributed by atoms with Gasteiger partial charge in [0.1, 0.15) is 0 Å². The number of likely N-dealkylation sites (tertiary alicyclic amines) is 1. The molecule has 0 radical (unpaired) electrons. The molecule has 0 aromatic heterocycles. The third kappa shape index (κ3) is 2.42. The Morgan fingerprint density at radius 3 is 2.67 bits per heavy atom. The van der Waals surface area contributed by atoms with Crippen LogP contribution in [0.1, 0.15) is 45.4 Å². The van der Waals surface area contributed by atoms with E-state index < -0.39 is 0 Å². The molecule has 84 valence electrons. The van der Waals surface area contributed by atoms with E-state index >= 15 is 0 Å². The highest BCUT2D eigenvalue weighted by molar-refractivity contribution is 5.80. The minimum atomic E-state index is 0.255. The van der Waals surface area contributed by atoms with Gasteiger partial charge in [-0.25, -0.2) is 0 Å². The van der Waals surface area contributed by atoms with Crippen LogP contribution in [-0.4, -0.2) is 23.4 Å². The Balaban J connectivity index is 1.97. The second-order valence-electron chi connectivity index (χ2n) is 4.87. The zero-order valence-electron chi connectivity index (χ0n) is 9.61. The number of carbonyl (C=O) groups excluding carboxylic acids is 1. The van der Waals surface area contributed by atoms with E-state index in [0.29, 0.717) is 11.9 Å². The van der Waals surface area contributed by atoms with E-state index in [1.807, 2.05) is 0 Å². The SMILES string of the molecule is CC1CCCCCN1C(=O)C1CC=CC1. The lowest BCUT2D eigenvalue weighted by molar-refractivity contribution is -0.137. The first-order chi connectivity index (χ1) is 7.29. The number of nitrogens with zero attached hydrogens (tertiary/aromatic N) is 1. The lowest BCUT2D eigenvalue weighted by Gasteiger charge is -2.29. The van der Waals surface area contributed by atoms with Gasteiger partial charge in [0.25, 0.3) is 0 Å². The Morgan fingerprint density at radius 2 is 1.93 bits per heavy atom. The van der Waals surface area contributed by atoms with Gasteiger partial charge in [0, 0.05) is 18.5 Å². The molecule has 0 aromatic rings. The minimum Gasteiger partial charge on any atom is -0.340 e. The van der Waals surface area contributed by atoms with Crippen molar-refractivity contribution in [1.82, 2.24) is 4.90 Å². The molecule has 0 N–H and O–H groups in total. The number of allylic oxidation sites excluding steroid dienone is 2. The van der Waals surface area contributed by atoms with Gasteiger partial charge in [0.05, 0.1) is 0 Å². The molecule has 1 fully saturated rings. The highest BCUT2D eigenvalue weighted by Gasteiger charge is 2.28. The second kappa shape index (κ2) is 4.82. The Morgan fingerprint density at radius 1 is 1.20 bits per heavy atom. The van der Waals surface area contributed by atoms with Gasteiger partial charge >= 0.3 is 0 Å². The lowest BCUT2D eigenvalue weighted by atomic mass is 10.0. The Labute approximate surface area is 92.3 Å². The highest BCUT2D eigenvalue weighted by Crippen LogP contribution is 2.24. The van der Waals surface area contributed by atoms with E-state index in [4.69, 9.17) is 0 Å². The number of amides is 1. The zero-order valence-corrected chi connectivity index (χ0v) is 9.61. The monoisotopic (exact) mass is 207 g/mol. The summed E-state index contributed by atoms with van der Waals surface area (Å²) in [4.78, 5) is 14.4. The molecule has 0 saturated carbocycles. The van der Waals surface area contributed by atoms with E-state index in [1.54, 1.807) is 0 Å². The molecule has 2 rings (SSSR count). The summed E-state index contributed by atoms with van der Waals surface area (Å²) in [5.74, 6) is 0.653. The van der Waals surface area contributed by atoms with Crippen molar-refractivity contribution in [3.8, 4) is 0 Å². The van der Waals surface area contributed by atoms with Crippen LogP contribution in [0.15, 0.2) is 12.2 Å². The van der Waals surface area contributed by atoms with Gasteiger partial charge in [-0.2, -0.15) is 0 Å². The average Bonchev–Trinajstić information content (AvgIpc) is 2.68. The van der Waals surface area contributed by atoms with E-state index in [1.165, 1.54) is 25.7 Å². The molecule has 2 aliphatic rings. The zero-order chi connectivity index (χ0) is 10.7.